The number of aliphatic hydroxyl groups is 1. The summed E-state index contributed by atoms with van der Waals surface area (Å²) in [4.78, 5) is 24.2. The minimum absolute atomic E-state index is 0.0409. The molecule has 0 saturated carbocycles. The second-order valence-corrected chi connectivity index (χ2v) is 7.55. The van der Waals surface area contributed by atoms with E-state index in [1.807, 2.05) is 71.4 Å². The molecule has 1 amide bonds. The van der Waals surface area contributed by atoms with Crippen LogP contribution in [0.1, 0.15) is 29.6 Å². The molecule has 1 aliphatic rings. The number of amides is 1. The third kappa shape index (κ3) is 4.14. The highest BCUT2D eigenvalue weighted by Gasteiger charge is 2.28. The molecule has 0 radical (unpaired) electrons. The second-order valence-electron chi connectivity index (χ2n) is 7.55. The molecule has 4 rings (SSSR count). The summed E-state index contributed by atoms with van der Waals surface area (Å²) in [7, 11) is 0. The highest BCUT2D eigenvalue weighted by atomic mass is 16.5. The van der Waals surface area contributed by atoms with Crippen molar-refractivity contribution >= 4 is 11.9 Å². The predicted octanol–water partition coefficient (Wildman–Crippen LogP) is 3.38. The van der Waals surface area contributed by atoms with E-state index in [1.54, 1.807) is 0 Å². The number of benzene rings is 2. The van der Waals surface area contributed by atoms with Gasteiger partial charge in [0.25, 0.3) is 5.91 Å². The number of esters is 1. The van der Waals surface area contributed by atoms with Crippen molar-refractivity contribution in [2.45, 2.75) is 38.0 Å². The molecule has 1 aromatic heterocycles. The molecule has 2 aromatic carbocycles. The van der Waals surface area contributed by atoms with Crippen LogP contribution in [0.2, 0.25) is 0 Å². The molecule has 0 bridgehead atoms. The summed E-state index contributed by atoms with van der Waals surface area (Å²) in [6.07, 6.45) is 1.89. The van der Waals surface area contributed by atoms with Crippen LogP contribution in [0, 0.1) is 0 Å². The Morgan fingerprint density at radius 3 is 2.30 bits per heavy atom. The Labute approximate surface area is 174 Å². The fraction of sp³-hybridized carbons (Fsp3) is 0.250. The Morgan fingerprint density at radius 1 is 1.07 bits per heavy atom. The van der Waals surface area contributed by atoms with Crippen LogP contribution < -0.4 is 5.73 Å². The number of nitrogens with zero attached hydrogens (tertiary/aromatic N) is 1. The number of hydrogen-bond acceptors (Lipinski definition) is 4. The highest BCUT2D eigenvalue weighted by Crippen LogP contribution is 2.35. The van der Waals surface area contributed by atoms with Gasteiger partial charge < -0.3 is 20.1 Å². The van der Waals surface area contributed by atoms with E-state index in [1.165, 1.54) is 0 Å². The van der Waals surface area contributed by atoms with Gasteiger partial charge in [0.15, 0.2) is 0 Å². The van der Waals surface area contributed by atoms with E-state index in [9.17, 15) is 14.7 Å². The summed E-state index contributed by atoms with van der Waals surface area (Å²) in [5.74, 6) is -0.872. The number of ether oxygens (including phenoxy) is 1. The van der Waals surface area contributed by atoms with Crippen molar-refractivity contribution in [1.29, 1.82) is 0 Å². The smallest absolute Gasteiger partial charge is 0.308 e. The molecule has 3 N–H and O–H groups in total. The van der Waals surface area contributed by atoms with Crippen LogP contribution in [0.25, 0.3) is 22.4 Å². The lowest BCUT2D eigenvalue weighted by molar-refractivity contribution is -0.160. The number of carbonyl (C=O) groups excluding carboxylic acids is 2. The monoisotopic (exact) mass is 404 g/mol. The van der Waals surface area contributed by atoms with Crippen LogP contribution in [-0.2, 0) is 16.1 Å². The van der Waals surface area contributed by atoms with Crippen molar-refractivity contribution < 1.29 is 19.4 Å². The van der Waals surface area contributed by atoms with Crippen molar-refractivity contribution in [3.8, 4) is 22.4 Å². The van der Waals surface area contributed by atoms with Crippen LogP contribution in [0.3, 0.4) is 0 Å². The first-order valence-corrected chi connectivity index (χ1v) is 10.0. The van der Waals surface area contributed by atoms with Gasteiger partial charge in [0.05, 0.1) is 23.8 Å². The maximum atomic E-state index is 12.5. The van der Waals surface area contributed by atoms with Gasteiger partial charge >= 0.3 is 5.97 Å². The molecule has 1 aliphatic heterocycles. The quantitative estimate of drug-likeness (QED) is 0.616. The summed E-state index contributed by atoms with van der Waals surface area (Å²) in [5.41, 5.74) is 9.58. The number of primary amides is 1. The van der Waals surface area contributed by atoms with Crippen LogP contribution >= 0.6 is 0 Å². The van der Waals surface area contributed by atoms with Crippen molar-refractivity contribution in [1.82, 2.24) is 4.57 Å². The van der Waals surface area contributed by atoms with Gasteiger partial charge in [-0.15, -0.1) is 0 Å². The average molecular weight is 404 g/mol. The predicted molar refractivity (Wildman–Crippen MR) is 114 cm³/mol. The Kier molecular flexibility index (Phi) is 5.68. The first-order valence-electron chi connectivity index (χ1n) is 10.0. The van der Waals surface area contributed by atoms with Gasteiger partial charge in [-0.3, -0.25) is 9.59 Å². The van der Waals surface area contributed by atoms with E-state index >= 15 is 0 Å². The van der Waals surface area contributed by atoms with Gasteiger partial charge in [-0.1, -0.05) is 60.7 Å². The molecule has 0 aliphatic carbocycles. The van der Waals surface area contributed by atoms with E-state index < -0.39 is 12.0 Å². The lowest BCUT2D eigenvalue weighted by Crippen LogP contribution is -2.33. The number of carbonyl (C=O) groups is 2. The largest absolute Gasteiger partial charge is 0.462 e. The average Bonchev–Trinajstić information content (AvgIpc) is 3.13. The minimum atomic E-state index is -0.671. The summed E-state index contributed by atoms with van der Waals surface area (Å²) in [5, 5.41) is 9.88. The third-order valence-electron chi connectivity index (χ3n) is 5.38. The third-order valence-corrected chi connectivity index (χ3v) is 5.38. The zero-order chi connectivity index (χ0) is 21.1. The van der Waals surface area contributed by atoms with E-state index in [0.717, 1.165) is 22.4 Å². The lowest BCUT2D eigenvalue weighted by Gasteiger charge is -2.26. The van der Waals surface area contributed by atoms with E-state index in [2.05, 4.69) is 0 Å². The van der Waals surface area contributed by atoms with Gasteiger partial charge in [-0.2, -0.15) is 0 Å². The Bertz CT molecular complexity index is 1040. The molecule has 3 aromatic rings. The zero-order valence-corrected chi connectivity index (χ0v) is 16.5. The van der Waals surface area contributed by atoms with Crippen LogP contribution in [0.15, 0.2) is 66.9 Å². The molecular weight excluding hydrogens is 380 g/mol. The van der Waals surface area contributed by atoms with Gasteiger partial charge in [-0.05, 0) is 11.1 Å². The number of aromatic nitrogens is 1. The summed E-state index contributed by atoms with van der Waals surface area (Å²) in [6, 6.07) is 19.3. The number of aliphatic hydroxyl groups excluding tert-OH is 1. The second kappa shape index (κ2) is 8.55. The zero-order valence-electron chi connectivity index (χ0n) is 16.5. The fourth-order valence-corrected chi connectivity index (χ4v) is 4.05. The van der Waals surface area contributed by atoms with Crippen molar-refractivity contribution in [3.05, 3.63) is 72.4 Å². The highest BCUT2D eigenvalue weighted by molar-refractivity contribution is 6.06. The summed E-state index contributed by atoms with van der Waals surface area (Å²) in [6.45, 7) is 0.516. The van der Waals surface area contributed by atoms with Gasteiger partial charge in [-0.25, -0.2) is 0 Å². The van der Waals surface area contributed by atoms with Crippen molar-refractivity contribution in [2.24, 2.45) is 5.73 Å². The van der Waals surface area contributed by atoms with E-state index in [-0.39, 0.29) is 18.5 Å². The molecule has 154 valence electrons. The van der Waals surface area contributed by atoms with Gasteiger partial charge in [0.2, 0.25) is 0 Å². The lowest BCUT2D eigenvalue weighted by atomic mass is 9.99. The molecule has 1 fully saturated rings. The normalized spacial score (nSPS) is 18.8. The summed E-state index contributed by atoms with van der Waals surface area (Å²) >= 11 is 0. The number of nitrogens with two attached hydrogens (primary N) is 1. The first kappa shape index (κ1) is 19.9. The molecule has 2 heterocycles. The summed E-state index contributed by atoms with van der Waals surface area (Å²) < 4.78 is 7.38. The molecule has 6 nitrogen and oxygen atoms in total. The van der Waals surface area contributed by atoms with Crippen LogP contribution in [-0.4, -0.2) is 33.8 Å². The Morgan fingerprint density at radius 2 is 1.70 bits per heavy atom. The maximum absolute atomic E-state index is 12.5. The number of hydrogen-bond donors (Lipinski definition) is 2. The molecule has 2 unspecified atom stereocenters. The first-order chi connectivity index (χ1) is 14.5. The molecule has 6 heteroatoms. The van der Waals surface area contributed by atoms with E-state index in [4.69, 9.17) is 10.5 Å². The maximum Gasteiger partial charge on any atom is 0.308 e. The number of rotatable bonds is 6. The van der Waals surface area contributed by atoms with Crippen molar-refractivity contribution in [2.75, 3.05) is 0 Å². The Balaban J connectivity index is 1.75. The minimum Gasteiger partial charge on any atom is -0.462 e. The Hall–Kier alpha value is -3.38. The molecule has 30 heavy (non-hydrogen) atoms. The standard InChI is InChI=1S/C24H24N2O4/c25-24(29)22-20(16-7-3-1-4-8-16)15-26(23(22)17-9-5-2-6-10-17)12-11-19-13-18(27)14-21(28)30-19/h1-10,15,18-19,27H,11-14H2,(H2,25,29). The molecule has 2 atom stereocenters. The van der Waals surface area contributed by atoms with Crippen LogP contribution in [0.4, 0.5) is 0 Å². The molecule has 1 saturated heterocycles. The van der Waals surface area contributed by atoms with Gasteiger partial charge in [0, 0.05) is 31.1 Å². The number of aryl methyl sites for hydroxylation is 1. The molecule has 0 spiro atoms. The topological polar surface area (TPSA) is 94.5 Å². The van der Waals surface area contributed by atoms with Crippen molar-refractivity contribution in [3.63, 3.8) is 0 Å². The van der Waals surface area contributed by atoms with Crippen LogP contribution in [0.5, 0.6) is 0 Å². The fourth-order valence-electron chi connectivity index (χ4n) is 4.05. The van der Waals surface area contributed by atoms with Gasteiger partial charge in [0.1, 0.15) is 6.10 Å². The number of cyclic esters (lactones) is 1. The van der Waals surface area contributed by atoms with E-state index in [0.29, 0.717) is 24.9 Å². The SMILES string of the molecule is NC(=O)c1c(-c2ccccc2)cn(CCC2CC(O)CC(=O)O2)c1-c1ccccc1. The molecular formula is C24H24N2O4.